The fraction of sp³-hybridized carbons (Fsp3) is 0.222. The van der Waals surface area contributed by atoms with Crippen LogP contribution in [0.4, 0.5) is 5.69 Å². The molecule has 0 aromatic heterocycles. The molecule has 1 heterocycles. The number of ketones is 1. The Morgan fingerprint density at radius 3 is 2.86 bits per heavy atom. The van der Waals surface area contributed by atoms with Gasteiger partial charge in [0.25, 0.3) is 0 Å². The van der Waals surface area contributed by atoms with Crippen molar-refractivity contribution in [2.24, 2.45) is 0 Å². The van der Waals surface area contributed by atoms with Gasteiger partial charge in [0.2, 0.25) is 0 Å². The smallest absolute Gasteiger partial charge is 0.159 e. The van der Waals surface area contributed by atoms with Crippen LogP contribution in [-0.2, 0) is 13.0 Å². The lowest BCUT2D eigenvalue weighted by Gasteiger charge is -2.20. The number of benzene rings is 2. The Bertz CT molecular complexity index is 743. The standard InChI is InChI=1S/C18H16N2O/c1-13(21)14-6-7-18-15(10-14)8-9-20(18)12-17-5-3-2-4-16(17)11-19/h2-7,10H,8-9,12H2,1H3. The minimum absolute atomic E-state index is 0.103. The van der Waals surface area contributed by atoms with Gasteiger partial charge in [-0.3, -0.25) is 4.79 Å². The van der Waals surface area contributed by atoms with Gasteiger partial charge in [-0.25, -0.2) is 0 Å². The summed E-state index contributed by atoms with van der Waals surface area (Å²) in [7, 11) is 0. The largest absolute Gasteiger partial charge is 0.367 e. The highest BCUT2D eigenvalue weighted by atomic mass is 16.1. The molecule has 3 heteroatoms. The first kappa shape index (κ1) is 13.4. The second-order valence-corrected chi connectivity index (χ2v) is 5.34. The highest BCUT2D eigenvalue weighted by Crippen LogP contribution is 2.30. The maximum Gasteiger partial charge on any atom is 0.159 e. The van der Waals surface area contributed by atoms with Crippen molar-refractivity contribution in [2.45, 2.75) is 19.9 Å². The van der Waals surface area contributed by atoms with Crippen LogP contribution in [0.3, 0.4) is 0 Å². The van der Waals surface area contributed by atoms with Gasteiger partial charge < -0.3 is 4.90 Å². The van der Waals surface area contributed by atoms with Crippen molar-refractivity contribution in [2.75, 3.05) is 11.4 Å². The van der Waals surface area contributed by atoms with E-state index in [2.05, 4.69) is 11.0 Å². The van der Waals surface area contributed by atoms with E-state index >= 15 is 0 Å². The van der Waals surface area contributed by atoms with Gasteiger partial charge in [-0.2, -0.15) is 5.26 Å². The molecule has 0 amide bonds. The van der Waals surface area contributed by atoms with Gasteiger partial charge >= 0.3 is 0 Å². The predicted molar refractivity (Wildman–Crippen MR) is 82.4 cm³/mol. The van der Waals surface area contributed by atoms with Crippen LogP contribution in [0.5, 0.6) is 0 Å². The first-order valence-electron chi connectivity index (χ1n) is 7.06. The zero-order chi connectivity index (χ0) is 14.8. The topological polar surface area (TPSA) is 44.1 Å². The van der Waals surface area contributed by atoms with Crippen molar-refractivity contribution in [3.63, 3.8) is 0 Å². The minimum Gasteiger partial charge on any atom is -0.367 e. The lowest BCUT2D eigenvalue weighted by atomic mass is 10.1. The molecule has 104 valence electrons. The van der Waals surface area contributed by atoms with E-state index in [0.717, 1.165) is 36.2 Å². The molecule has 0 unspecified atom stereocenters. The molecule has 1 aliphatic rings. The molecule has 3 rings (SSSR count). The fourth-order valence-electron chi connectivity index (χ4n) is 2.83. The minimum atomic E-state index is 0.103. The molecule has 0 saturated heterocycles. The van der Waals surface area contributed by atoms with Gasteiger partial charge in [0.1, 0.15) is 0 Å². The van der Waals surface area contributed by atoms with Crippen LogP contribution in [0.25, 0.3) is 0 Å². The normalized spacial score (nSPS) is 12.9. The van der Waals surface area contributed by atoms with E-state index in [9.17, 15) is 10.1 Å². The lowest BCUT2D eigenvalue weighted by molar-refractivity contribution is 0.101. The molecule has 3 nitrogen and oxygen atoms in total. The molecule has 0 radical (unpaired) electrons. The van der Waals surface area contributed by atoms with E-state index in [1.807, 2.05) is 42.5 Å². The maximum absolute atomic E-state index is 11.5. The second-order valence-electron chi connectivity index (χ2n) is 5.34. The first-order valence-corrected chi connectivity index (χ1v) is 7.06. The summed E-state index contributed by atoms with van der Waals surface area (Å²) in [6.45, 7) is 3.25. The summed E-state index contributed by atoms with van der Waals surface area (Å²) in [4.78, 5) is 13.7. The monoisotopic (exact) mass is 276 g/mol. The third-order valence-corrected chi connectivity index (χ3v) is 3.98. The number of Topliss-reactive ketones (excluding diaryl/α,β-unsaturated/α-hetero) is 1. The average molecular weight is 276 g/mol. The van der Waals surface area contributed by atoms with E-state index in [0.29, 0.717) is 0 Å². The van der Waals surface area contributed by atoms with Crippen molar-refractivity contribution in [3.8, 4) is 6.07 Å². The Labute approximate surface area is 124 Å². The molecule has 0 spiro atoms. The third kappa shape index (κ3) is 2.53. The number of carbonyl (C=O) groups excluding carboxylic acids is 1. The van der Waals surface area contributed by atoms with Gasteiger partial charge in [0.15, 0.2) is 5.78 Å². The van der Waals surface area contributed by atoms with Gasteiger partial charge in [0, 0.05) is 24.3 Å². The van der Waals surface area contributed by atoms with Gasteiger partial charge in [-0.15, -0.1) is 0 Å². The highest BCUT2D eigenvalue weighted by molar-refractivity contribution is 5.94. The maximum atomic E-state index is 11.5. The molecule has 0 bridgehead atoms. The summed E-state index contributed by atoms with van der Waals surface area (Å²) in [6.07, 6.45) is 0.950. The number of anilines is 1. The molecule has 2 aromatic carbocycles. The summed E-state index contributed by atoms with van der Waals surface area (Å²) in [6, 6.07) is 15.9. The number of rotatable bonds is 3. The van der Waals surface area contributed by atoms with E-state index in [1.165, 1.54) is 11.3 Å². The fourth-order valence-corrected chi connectivity index (χ4v) is 2.83. The van der Waals surface area contributed by atoms with Crippen molar-refractivity contribution in [3.05, 3.63) is 64.7 Å². The van der Waals surface area contributed by atoms with Crippen LogP contribution in [0.1, 0.15) is 34.0 Å². The zero-order valence-corrected chi connectivity index (χ0v) is 12.0. The van der Waals surface area contributed by atoms with E-state index in [4.69, 9.17) is 0 Å². The highest BCUT2D eigenvalue weighted by Gasteiger charge is 2.20. The summed E-state index contributed by atoms with van der Waals surface area (Å²) >= 11 is 0. The van der Waals surface area contributed by atoms with Crippen LogP contribution < -0.4 is 4.90 Å². The molecule has 21 heavy (non-hydrogen) atoms. The van der Waals surface area contributed by atoms with Crippen LogP contribution >= 0.6 is 0 Å². The average Bonchev–Trinajstić information content (AvgIpc) is 2.90. The Morgan fingerprint density at radius 1 is 1.29 bits per heavy atom. The SMILES string of the molecule is CC(=O)c1ccc2c(c1)CCN2Cc1ccccc1C#N. The Morgan fingerprint density at radius 2 is 2.10 bits per heavy atom. The van der Waals surface area contributed by atoms with E-state index in [-0.39, 0.29) is 5.78 Å². The van der Waals surface area contributed by atoms with Crippen molar-refractivity contribution < 1.29 is 4.79 Å². The molecule has 0 N–H and O–H groups in total. The summed E-state index contributed by atoms with van der Waals surface area (Å²) in [5.74, 6) is 0.103. The predicted octanol–water partition coefficient (Wildman–Crippen LogP) is 3.32. The van der Waals surface area contributed by atoms with Crippen molar-refractivity contribution >= 4 is 11.5 Å². The number of hydrogen-bond acceptors (Lipinski definition) is 3. The first-order chi connectivity index (χ1) is 10.2. The second kappa shape index (κ2) is 5.41. The van der Waals surface area contributed by atoms with Gasteiger partial charge in [-0.05, 0) is 48.7 Å². The molecular formula is C18H16N2O. The molecule has 0 saturated carbocycles. The van der Waals surface area contributed by atoms with Gasteiger partial charge in [-0.1, -0.05) is 18.2 Å². The Balaban J connectivity index is 1.88. The molecule has 0 atom stereocenters. The van der Waals surface area contributed by atoms with Crippen LogP contribution in [0, 0.1) is 11.3 Å². The molecule has 0 aliphatic carbocycles. The zero-order valence-electron chi connectivity index (χ0n) is 12.0. The molecule has 0 fully saturated rings. The van der Waals surface area contributed by atoms with Crippen LogP contribution in [0.15, 0.2) is 42.5 Å². The molecule has 2 aromatic rings. The van der Waals surface area contributed by atoms with Crippen molar-refractivity contribution in [1.29, 1.82) is 5.26 Å². The van der Waals surface area contributed by atoms with E-state index < -0.39 is 0 Å². The van der Waals surface area contributed by atoms with Crippen LogP contribution in [0.2, 0.25) is 0 Å². The third-order valence-electron chi connectivity index (χ3n) is 3.98. The van der Waals surface area contributed by atoms with Crippen LogP contribution in [-0.4, -0.2) is 12.3 Å². The van der Waals surface area contributed by atoms with Crippen molar-refractivity contribution in [1.82, 2.24) is 0 Å². The number of hydrogen-bond donors (Lipinski definition) is 0. The van der Waals surface area contributed by atoms with E-state index in [1.54, 1.807) is 6.92 Å². The summed E-state index contributed by atoms with van der Waals surface area (Å²) < 4.78 is 0. The molecule has 1 aliphatic heterocycles. The lowest BCUT2D eigenvalue weighted by Crippen LogP contribution is -2.20. The number of fused-ring (bicyclic) bond motifs is 1. The summed E-state index contributed by atoms with van der Waals surface area (Å²) in [5, 5.41) is 9.18. The quantitative estimate of drug-likeness (QED) is 0.808. The summed E-state index contributed by atoms with van der Waals surface area (Å²) in [5.41, 5.74) is 4.94. The Hall–Kier alpha value is -2.60. The Kier molecular flexibility index (Phi) is 3.45. The van der Waals surface area contributed by atoms with Gasteiger partial charge in [0.05, 0.1) is 11.6 Å². The number of carbonyl (C=O) groups is 1. The number of nitriles is 1. The molecular weight excluding hydrogens is 260 g/mol. The number of nitrogens with zero attached hydrogens (tertiary/aromatic N) is 2.